The maximum Gasteiger partial charge on any atom is 0.234 e. The molecule has 0 bridgehead atoms. The summed E-state index contributed by atoms with van der Waals surface area (Å²) in [7, 11) is 3.72. The molecule has 0 saturated heterocycles. The second kappa shape index (κ2) is 7.56. The van der Waals surface area contributed by atoms with Gasteiger partial charge in [-0.1, -0.05) is 24.3 Å². The molecule has 0 atom stereocenters. The van der Waals surface area contributed by atoms with Crippen LogP contribution in [0.1, 0.15) is 11.1 Å². The van der Waals surface area contributed by atoms with Crippen LogP contribution in [-0.2, 0) is 11.3 Å². The van der Waals surface area contributed by atoms with Gasteiger partial charge in [-0.05, 0) is 38.7 Å². The first kappa shape index (κ1) is 16.0. The molecule has 0 spiro atoms. The third-order valence-corrected chi connectivity index (χ3v) is 3.09. The zero-order valence-corrected chi connectivity index (χ0v) is 13.2. The Labute approximate surface area is 130 Å². The van der Waals surface area contributed by atoms with Crippen LogP contribution >= 0.6 is 0 Å². The number of aromatic nitrogens is 1. The van der Waals surface area contributed by atoms with E-state index >= 15 is 0 Å². The van der Waals surface area contributed by atoms with Gasteiger partial charge in [-0.25, -0.2) is 4.98 Å². The number of ether oxygens (including phenoxy) is 1. The lowest BCUT2D eigenvalue weighted by Crippen LogP contribution is -2.32. The lowest BCUT2D eigenvalue weighted by molar-refractivity contribution is -0.121. The van der Waals surface area contributed by atoms with Gasteiger partial charge in [-0.15, -0.1) is 0 Å². The van der Waals surface area contributed by atoms with Crippen LogP contribution in [0, 0.1) is 6.92 Å². The molecule has 116 valence electrons. The zero-order chi connectivity index (χ0) is 15.9. The highest BCUT2D eigenvalue weighted by atomic mass is 16.5. The molecule has 0 aliphatic heterocycles. The third-order valence-electron chi connectivity index (χ3n) is 3.09. The van der Waals surface area contributed by atoms with Gasteiger partial charge in [0.15, 0.2) is 0 Å². The molecule has 0 aliphatic rings. The lowest BCUT2D eigenvalue weighted by Gasteiger charge is -2.13. The Bertz CT molecular complexity index is 641. The van der Waals surface area contributed by atoms with Crippen LogP contribution in [-0.4, -0.2) is 36.4 Å². The topological polar surface area (TPSA) is 54.5 Å². The van der Waals surface area contributed by atoms with E-state index in [0.29, 0.717) is 19.0 Å². The molecule has 5 heteroatoms. The van der Waals surface area contributed by atoms with Crippen molar-refractivity contribution in [3.05, 3.63) is 53.7 Å². The lowest BCUT2D eigenvalue weighted by atomic mass is 10.2. The first-order chi connectivity index (χ1) is 10.6. The molecule has 1 amide bonds. The van der Waals surface area contributed by atoms with Gasteiger partial charge in [0, 0.05) is 18.3 Å². The van der Waals surface area contributed by atoms with Crippen molar-refractivity contribution in [1.82, 2.24) is 15.2 Å². The number of nitrogens with one attached hydrogen (secondary N) is 1. The van der Waals surface area contributed by atoms with Gasteiger partial charge in [0.05, 0.1) is 6.54 Å². The molecule has 22 heavy (non-hydrogen) atoms. The summed E-state index contributed by atoms with van der Waals surface area (Å²) in [5.41, 5.74) is 1.88. The number of hydrogen-bond acceptors (Lipinski definition) is 4. The van der Waals surface area contributed by atoms with E-state index in [4.69, 9.17) is 4.74 Å². The summed E-state index contributed by atoms with van der Waals surface area (Å²) < 4.78 is 5.88. The largest absolute Gasteiger partial charge is 0.438 e. The number of carbonyl (C=O) groups excluding carboxylic acids is 1. The summed E-state index contributed by atoms with van der Waals surface area (Å²) in [5, 5.41) is 2.87. The van der Waals surface area contributed by atoms with E-state index in [0.717, 1.165) is 16.9 Å². The zero-order valence-electron chi connectivity index (χ0n) is 13.2. The highest BCUT2D eigenvalue weighted by Gasteiger charge is 2.09. The minimum atomic E-state index is -0.0318. The number of likely N-dealkylation sites (N-methyl/N-ethyl adjacent to an activating group) is 1. The van der Waals surface area contributed by atoms with Crippen molar-refractivity contribution < 1.29 is 9.53 Å². The van der Waals surface area contributed by atoms with Gasteiger partial charge in [-0.3, -0.25) is 4.79 Å². The van der Waals surface area contributed by atoms with Crippen molar-refractivity contribution >= 4 is 5.91 Å². The average molecular weight is 299 g/mol. The summed E-state index contributed by atoms with van der Waals surface area (Å²) in [6.07, 6.45) is 1.68. The van der Waals surface area contributed by atoms with Gasteiger partial charge in [0.1, 0.15) is 5.75 Å². The minimum Gasteiger partial charge on any atom is -0.438 e. The maximum absolute atomic E-state index is 11.7. The van der Waals surface area contributed by atoms with Crippen molar-refractivity contribution in [2.45, 2.75) is 13.5 Å². The van der Waals surface area contributed by atoms with Crippen molar-refractivity contribution in [3.63, 3.8) is 0 Å². The van der Waals surface area contributed by atoms with E-state index < -0.39 is 0 Å². The Morgan fingerprint density at radius 2 is 2.00 bits per heavy atom. The Morgan fingerprint density at radius 1 is 1.23 bits per heavy atom. The molecular formula is C17H21N3O2. The summed E-state index contributed by atoms with van der Waals surface area (Å²) in [5.74, 6) is 1.25. The van der Waals surface area contributed by atoms with E-state index in [1.807, 2.05) is 62.3 Å². The second-order valence-electron chi connectivity index (χ2n) is 5.35. The molecule has 0 fully saturated rings. The summed E-state index contributed by atoms with van der Waals surface area (Å²) in [4.78, 5) is 17.8. The summed E-state index contributed by atoms with van der Waals surface area (Å²) in [6, 6.07) is 11.5. The molecule has 5 nitrogen and oxygen atoms in total. The first-order valence-corrected chi connectivity index (χ1v) is 7.15. The Balaban J connectivity index is 2.07. The number of hydrogen-bond donors (Lipinski definition) is 1. The Hall–Kier alpha value is -2.40. The Morgan fingerprint density at radius 3 is 2.73 bits per heavy atom. The van der Waals surface area contributed by atoms with Crippen LogP contribution in [0.3, 0.4) is 0 Å². The van der Waals surface area contributed by atoms with Crippen molar-refractivity contribution in [1.29, 1.82) is 0 Å². The van der Waals surface area contributed by atoms with Crippen LogP contribution in [0.5, 0.6) is 11.6 Å². The molecule has 2 aromatic rings. The predicted molar refractivity (Wildman–Crippen MR) is 85.9 cm³/mol. The normalized spacial score (nSPS) is 10.5. The fraction of sp³-hybridized carbons (Fsp3) is 0.294. The van der Waals surface area contributed by atoms with Crippen molar-refractivity contribution in [2.24, 2.45) is 0 Å². The fourth-order valence-corrected chi connectivity index (χ4v) is 1.96. The van der Waals surface area contributed by atoms with E-state index in [2.05, 4.69) is 10.3 Å². The summed E-state index contributed by atoms with van der Waals surface area (Å²) >= 11 is 0. The highest BCUT2D eigenvalue weighted by molar-refractivity contribution is 5.77. The molecule has 1 heterocycles. The van der Waals surface area contributed by atoms with Crippen LogP contribution in [0.2, 0.25) is 0 Å². The first-order valence-electron chi connectivity index (χ1n) is 7.15. The van der Waals surface area contributed by atoms with Gasteiger partial charge >= 0.3 is 0 Å². The number of aryl methyl sites for hydroxylation is 1. The molecule has 1 aromatic carbocycles. The van der Waals surface area contributed by atoms with E-state index in [9.17, 15) is 4.79 Å². The molecule has 1 aromatic heterocycles. The molecule has 0 saturated carbocycles. The number of carbonyl (C=O) groups is 1. The molecule has 1 N–H and O–H groups in total. The van der Waals surface area contributed by atoms with Gasteiger partial charge < -0.3 is 15.0 Å². The van der Waals surface area contributed by atoms with Crippen LogP contribution in [0.4, 0.5) is 0 Å². The van der Waals surface area contributed by atoms with Gasteiger partial charge in [0.25, 0.3) is 0 Å². The quantitative estimate of drug-likeness (QED) is 0.889. The van der Waals surface area contributed by atoms with Gasteiger partial charge in [-0.2, -0.15) is 0 Å². The minimum absolute atomic E-state index is 0.0318. The maximum atomic E-state index is 11.7. The van der Waals surface area contributed by atoms with Crippen molar-refractivity contribution in [2.75, 3.05) is 20.6 Å². The smallest absolute Gasteiger partial charge is 0.234 e. The predicted octanol–water partition coefficient (Wildman–Crippen LogP) is 2.36. The second-order valence-corrected chi connectivity index (χ2v) is 5.35. The molecule has 0 unspecified atom stereocenters. The Kier molecular flexibility index (Phi) is 5.49. The standard InChI is InChI=1S/C17H21N3O2/c1-13-7-4-5-9-15(13)22-17-14(8-6-10-18-17)11-19-16(21)12-20(2)3/h4-10H,11-12H2,1-3H3,(H,19,21). The molecule has 0 aliphatic carbocycles. The van der Waals surface area contributed by atoms with Crippen molar-refractivity contribution in [3.8, 4) is 11.6 Å². The number of nitrogens with zero attached hydrogens (tertiary/aromatic N) is 2. The monoisotopic (exact) mass is 299 g/mol. The molecule has 0 radical (unpaired) electrons. The third kappa shape index (κ3) is 4.56. The molecular weight excluding hydrogens is 278 g/mol. The molecule has 2 rings (SSSR count). The highest BCUT2D eigenvalue weighted by Crippen LogP contribution is 2.25. The van der Waals surface area contributed by atoms with Crippen LogP contribution in [0.15, 0.2) is 42.6 Å². The number of amides is 1. The fourth-order valence-electron chi connectivity index (χ4n) is 1.96. The average Bonchev–Trinajstić information content (AvgIpc) is 2.48. The number of rotatable bonds is 6. The van der Waals surface area contributed by atoms with Crippen LogP contribution in [0.25, 0.3) is 0 Å². The van der Waals surface area contributed by atoms with Crippen LogP contribution < -0.4 is 10.1 Å². The number of para-hydroxylation sites is 1. The SMILES string of the molecule is Cc1ccccc1Oc1ncccc1CNC(=O)CN(C)C. The van der Waals surface area contributed by atoms with E-state index in [-0.39, 0.29) is 5.91 Å². The van der Waals surface area contributed by atoms with E-state index in [1.54, 1.807) is 6.20 Å². The number of pyridine rings is 1. The summed E-state index contributed by atoms with van der Waals surface area (Å²) in [6.45, 7) is 2.73. The van der Waals surface area contributed by atoms with E-state index in [1.165, 1.54) is 0 Å². The number of benzene rings is 1. The van der Waals surface area contributed by atoms with Gasteiger partial charge in [0.2, 0.25) is 11.8 Å².